The number of fused-ring (bicyclic) bond motifs is 1. The number of halogens is 1. The monoisotopic (exact) mass is 710 g/mol. The number of sulfonamides is 2. The second-order valence-corrected chi connectivity index (χ2v) is 16.2. The summed E-state index contributed by atoms with van der Waals surface area (Å²) in [6, 6.07) is 20.5. The zero-order chi connectivity index (χ0) is 31.1. The number of thioether (sulfide) groups is 1. The molecule has 224 valence electrons. The van der Waals surface area contributed by atoms with E-state index in [2.05, 4.69) is 45.6 Å². The molecule has 0 N–H and O–H groups in total. The third-order valence-corrected chi connectivity index (χ3v) is 12.1. The maximum atomic E-state index is 12.3. The van der Waals surface area contributed by atoms with Crippen LogP contribution < -0.4 is 0 Å². The minimum Gasteiger partial charge on any atom is -0.293 e. The van der Waals surface area contributed by atoms with Crippen LogP contribution >= 0.6 is 39.0 Å². The maximum Gasteiger partial charge on any atom is 0.242 e. The van der Waals surface area contributed by atoms with Crippen molar-refractivity contribution in [1.29, 1.82) is 0 Å². The molecule has 0 aliphatic carbocycles. The van der Waals surface area contributed by atoms with E-state index in [1.54, 1.807) is 35.2 Å². The lowest BCUT2D eigenvalue weighted by atomic mass is 10.1. The molecule has 0 aliphatic heterocycles. The summed E-state index contributed by atoms with van der Waals surface area (Å²) in [4.78, 5) is 24.0. The van der Waals surface area contributed by atoms with Crippen LogP contribution in [0.5, 0.6) is 0 Å². The van der Waals surface area contributed by atoms with Gasteiger partial charge in [0.15, 0.2) is 11.6 Å². The van der Waals surface area contributed by atoms with Gasteiger partial charge >= 0.3 is 0 Å². The van der Waals surface area contributed by atoms with Crippen molar-refractivity contribution in [2.24, 2.45) is 0 Å². The van der Waals surface area contributed by atoms with Crippen LogP contribution in [0.15, 0.2) is 88.0 Å². The predicted octanol–water partition coefficient (Wildman–Crippen LogP) is 5.78. The highest BCUT2D eigenvalue weighted by Crippen LogP contribution is 2.24. The van der Waals surface area contributed by atoms with Crippen molar-refractivity contribution in [3.8, 4) is 0 Å². The van der Waals surface area contributed by atoms with Gasteiger partial charge in [0, 0.05) is 49.8 Å². The first-order valence-corrected chi connectivity index (χ1v) is 18.5. The average molecular weight is 712 g/mol. The summed E-state index contributed by atoms with van der Waals surface area (Å²) in [5, 5.41) is 3.54. The predicted molar refractivity (Wildman–Crippen MR) is 175 cm³/mol. The van der Waals surface area contributed by atoms with E-state index in [-0.39, 0.29) is 26.7 Å². The van der Waals surface area contributed by atoms with Crippen LogP contribution in [0.3, 0.4) is 0 Å². The molecule has 0 fully saturated rings. The van der Waals surface area contributed by atoms with Gasteiger partial charge in [0.25, 0.3) is 0 Å². The van der Waals surface area contributed by atoms with Crippen molar-refractivity contribution < 1.29 is 26.4 Å². The Kier molecular flexibility index (Phi) is 12.1. The van der Waals surface area contributed by atoms with Crippen LogP contribution in [0, 0.1) is 0 Å². The number of thiophene rings is 1. The van der Waals surface area contributed by atoms with E-state index in [1.807, 2.05) is 0 Å². The van der Waals surface area contributed by atoms with E-state index >= 15 is 0 Å². The van der Waals surface area contributed by atoms with Crippen molar-refractivity contribution in [2.45, 2.75) is 15.5 Å². The largest absolute Gasteiger partial charge is 0.293 e. The van der Waals surface area contributed by atoms with E-state index in [4.69, 9.17) is 0 Å². The highest BCUT2D eigenvalue weighted by molar-refractivity contribution is 9.09. The van der Waals surface area contributed by atoms with Gasteiger partial charge in [-0.25, -0.2) is 25.4 Å². The van der Waals surface area contributed by atoms with Crippen LogP contribution in [0.4, 0.5) is 0 Å². The Morgan fingerprint density at radius 1 is 0.738 bits per heavy atom. The second-order valence-electron chi connectivity index (χ2n) is 9.39. The summed E-state index contributed by atoms with van der Waals surface area (Å²) in [5.74, 6) is 1.06. The van der Waals surface area contributed by atoms with Gasteiger partial charge in [0.1, 0.15) is 0 Å². The molecule has 1 heterocycles. The number of carbonyl (C=O) groups is 2. The summed E-state index contributed by atoms with van der Waals surface area (Å²) < 4.78 is 51.1. The molecular formula is C29H31BrN2O6S4. The molecule has 4 aromatic rings. The Bertz CT molecular complexity index is 1750. The third kappa shape index (κ3) is 8.59. The van der Waals surface area contributed by atoms with Gasteiger partial charge in [0.2, 0.25) is 20.0 Å². The first-order chi connectivity index (χ1) is 19.8. The zero-order valence-corrected chi connectivity index (χ0v) is 28.3. The summed E-state index contributed by atoms with van der Waals surface area (Å²) in [6.07, 6.45) is 0. The van der Waals surface area contributed by atoms with Crippen LogP contribution in [0.1, 0.15) is 26.3 Å². The molecule has 8 nitrogen and oxygen atoms in total. The Hall–Kier alpha value is -2.39. The first-order valence-electron chi connectivity index (χ1n) is 12.5. The highest BCUT2D eigenvalue weighted by atomic mass is 79.9. The summed E-state index contributed by atoms with van der Waals surface area (Å²) >= 11 is 6.34. The van der Waals surface area contributed by atoms with Crippen LogP contribution in [-0.2, 0) is 25.8 Å². The fourth-order valence-electron chi connectivity index (χ4n) is 3.58. The Labute approximate surface area is 264 Å². The van der Waals surface area contributed by atoms with E-state index < -0.39 is 20.0 Å². The number of alkyl halides is 1. The number of benzene rings is 3. The lowest BCUT2D eigenvalue weighted by Gasteiger charge is -2.11. The molecule has 13 heteroatoms. The average Bonchev–Trinajstić information content (AvgIpc) is 3.45. The summed E-state index contributed by atoms with van der Waals surface area (Å²) in [5.41, 5.74) is 2.22. The minimum absolute atomic E-state index is 0.000382. The molecule has 42 heavy (non-hydrogen) atoms. The summed E-state index contributed by atoms with van der Waals surface area (Å²) in [6.45, 7) is 0. The van der Waals surface area contributed by atoms with Crippen LogP contribution in [0.2, 0.25) is 0 Å². The summed E-state index contributed by atoms with van der Waals surface area (Å²) in [7, 11) is -0.984. The number of hydrogen-bond acceptors (Lipinski definition) is 8. The van der Waals surface area contributed by atoms with Crippen molar-refractivity contribution in [3.05, 3.63) is 94.9 Å². The Morgan fingerprint density at radius 2 is 1.24 bits per heavy atom. The zero-order valence-electron chi connectivity index (χ0n) is 23.5. The molecule has 0 bridgehead atoms. The lowest BCUT2D eigenvalue weighted by Crippen LogP contribution is -2.22. The second kappa shape index (κ2) is 14.9. The molecule has 0 atom stereocenters. The Balaban J connectivity index is 0.000000260. The van der Waals surface area contributed by atoms with Crippen molar-refractivity contribution in [2.75, 3.05) is 39.3 Å². The van der Waals surface area contributed by atoms with Gasteiger partial charge in [-0.2, -0.15) is 0 Å². The maximum absolute atomic E-state index is 12.3. The quantitative estimate of drug-likeness (QED) is 0.143. The number of nitrogens with zero attached hydrogens (tertiary/aromatic N) is 2. The molecule has 0 amide bonds. The smallest absolute Gasteiger partial charge is 0.242 e. The molecule has 3 aromatic carbocycles. The molecule has 0 unspecified atom stereocenters. The number of ketones is 2. The molecule has 0 saturated carbocycles. The van der Waals surface area contributed by atoms with E-state index in [0.717, 1.165) is 14.4 Å². The van der Waals surface area contributed by atoms with Gasteiger partial charge in [0.05, 0.1) is 20.9 Å². The molecule has 0 saturated heterocycles. The molecular weight excluding hydrogens is 680 g/mol. The van der Waals surface area contributed by atoms with Crippen LogP contribution in [-0.4, -0.2) is 76.3 Å². The lowest BCUT2D eigenvalue weighted by molar-refractivity contribution is 0.101. The van der Waals surface area contributed by atoms with Gasteiger partial charge in [-0.1, -0.05) is 46.3 Å². The Morgan fingerprint density at radius 3 is 1.71 bits per heavy atom. The number of Topliss-reactive ketones (excluding diaryl/α,β-unsaturated/α-hetero) is 2. The first kappa shape index (κ1) is 34.1. The fraction of sp³-hybridized carbons (Fsp3) is 0.241. The van der Waals surface area contributed by atoms with Gasteiger partial charge in [-0.15, -0.1) is 23.1 Å². The molecule has 1 aromatic heterocycles. The number of rotatable bonds is 11. The molecule has 4 rings (SSSR count). The minimum atomic E-state index is -3.47. The number of carbonyl (C=O) groups excluding carboxylic acids is 2. The van der Waals surface area contributed by atoms with E-state index in [1.165, 1.54) is 80.2 Å². The molecule has 0 aliphatic rings. The third-order valence-electron chi connectivity index (χ3n) is 6.05. The van der Waals surface area contributed by atoms with E-state index in [0.29, 0.717) is 16.9 Å². The van der Waals surface area contributed by atoms with Crippen LogP contribution in [0.25, 0.3) is 10.1 Å². The SMILES string of the molecule is CN(C)S(=O)(=O)c1ccc(C(=O)CBr)cc1.CN(C)S(=O)(=O)c1ccc(C(=O)CSCc2ccc3sccc3c2)cc1. The standard InChI is InChI=1S/C19H19NO3S3.C10H12BrNO3S/c1-20(2)26(22,23)17-6-4-15(5-7-17)18(21)13-24-12-14-3-8-19-16(11-14)9-10-25-19;1-12(2)16(14,15)9-5-3-8(4-6-9)10(13)7-11/h3-11H,12-13H2,1-2H3;3-6H,7H2,1-2H3. The molecule has 0 spiro atoms. The normalized spacial score (nSPS) is 11.9. The van der Waals surface area contributed by atoms with Crippen molar-refractivity contribution >= 4 is 80.7 Å². The number of hydrogen-bond donors (Lipinski definition) is 0. The van der Waals surface area contributed by atoms with Gasteiger partial charge in [-0.3, -0.25) is 9.59 Å². The van der Waals surface area contributed by atoms with Crippen molar-refractivity contribution in [1.82, 2.24) is 8.61 Å². The molecule has 0 radical (unpaired) electrons. The van der Waals surface area contributed by atoms with Crippen molar-refractivity contribution in [3.63, 3.8) is 0 Å². The fourth-order valence-corrected chi connectivity index (χ4v) is 7.34. The highest BCUT2D eigenvalue weighted by Gasteiger charge is 2.18. The van der Waals surface area contributed by atoms with Gasteiger partial charge in [-0.05, 0) is 58.8 Å². The topological polar surface area (TPSA) is 109 Å². The van der Waals surface area contributed by atoms with Gasteiger partial charge < -0.3 is 0 Å². The van der Waals surface area contributed by atoms with E-state index in [9.17, 15) is 26.4 Å².